The van der Waals surface area contributed by atoms with Crippen LogP contribution in [0.5, 0.6) is 0 Å². The Morgan fingerprint density at radius 2 is 1.35 bits per heavy atom. The van der Waals surface area contributed by atoms with Crippen LogP contribution in [0.25, 0.3) is 0 Å². The number of pyridine rings is 2. The van der Waals surface area contributed by atoms with Crippen molar-refractivity contribution >= 4 is 19.2 Å². The van der Waals surface area contributed by atoms with Crippen molar-refractivity contribution in [1.82, 2.24) is 9.97 Å². The topological polar surface area (TPSA) is 32.3 Å². The van der Waals surface area contributed by atoms with Crippen molar-refractivity contribution in [1.29, 1.82) is 0 Å². The zero-order valence-electron chi connectivity index (χ0n) is 10.3. The largest absolute Gasteiger partial charge is 0.394 e. The van der Waals surface area contributed by atoms with Crippen LogP contribution in [0.1, 0.15) is 0 Å². The van der Waals surface area contributed by atoms with Crippen LogP contribution in [0.15, 0.2) is 36.7 Å². The average Bonchev–Trinajstić information content (AvgIpc) is 2.88. The standard InChI is InChI=1S/C12H10BF2N4.Ir/c14-9-1-3-16-11(7-9)18-5-6-19(13-18)12-8-10(15)2-4-17-12;/h1-4,7-8H,5-6H2;. The third-order valence-electron chi connectivity index (χ3n) is 2.86. The van der Waals surface area contributed by atoms with Crippen molar-refractivity contribution in [3.05, 3.63) is 48.3 Å². The van der Waals surface area contributed by atoms with Gasteiger partial charge in [0.05, 0.1) is 0 Å². The van der Waals surface area contributed by atoms with E-state index in [9.17, 15) is 8.78 Å². The van der Waals surface area contributed by atoms with Crippen molar-refractivity contribution in [2.45, 2.75) is 0 Å². The monoisotopic (exact) mass is 452 g/mol. The molecule has 0 unspecified atom stereocenters. The molecule has 1 fully saturated rings. The molecule has 8 heteroatoms. The molecular formula is C12H10BF2IrN4. The van der Waals surface area contributed by atoms with Gasteiger partial charge in [0.1, 0.15) is 23.3 Å². The van der Waals surface area contributed by atoms with Gasteiger partial charge in [-0.25, -0.2) is 18.7 Å². The van der Waals surface area contributed by atoms with E-state index in [4.69, 9.17) is 0 Å². The summed E-state index contributed by atoms with van der Waals surface area (Å²) < 4.78 is 26.3. The molecule has 4 nitrogen and oxygen atoms in total. The van der Waals surface area contributed by atoms with Crippen LogP contribution in [-0.2, 0) is 20.1 Å². The number of aromatic nitrogens is 2. The van der Waals surface area contributed by atoms with Gasteiger partial charge >= 0.3 is 7.55 Å². The summed E-state index contributed by atoms with van der Waals surface area (Å²) in [4.78, 5) is 11.8. The van der Waals surface area contributed by atoms with Gasteiger partial charge in [0, 0.05) is 57.7 Å². The molecular weight excluding hydrogens is 441 g/mol. The van der Waals surface area contributed by atoms with Crippen LogP contribution in [0.3, 0.4) is 0 Å². The second-order valence-corrected chi connectivity index (χ2v) is 4.17. The average molecular weight is 451 g/mol. The predicted molar refractivity (Wildman–Crippen MR) is 68.8 cm³/mol. The summed E-state index contributed by atoms with van der Waals surface area (Å²) in [5.41, 5.74) is 0. The Kier molecular flexibility index (Phi) is 4.67. The summed E-state index contributed by atoms with van der Waals surface area (Å²) >= 11 is 0. The third-order valence-corrected chi connectivity index (χ3v) is 2.86. The van der Waals surface area contributed by atoms with E-state index in [-0.39, 0.29) is 31.7 Å². The second-order valence-electron chi connectivity index (χ2n) is 4.17. The van der Waals surface area contributed by atoms with Gasteiger partial charge in [-0.2, -0.15) is 0 Å². The van der Waals surface area contributed by atoms with E-state index in [1.807, 2.05) is 0 Å². The summed E-state index contributed by atoms with van der Waals surface area (Å²) in [6.07, 6.45) is 2.84. The first-order valence-electron chi connectivity index (χ1n) is 5.84. The summed E-state index contributed by atoms with van der Waals surface area (Å²) in [5, 5.41) is 0. The minimum atomic E-state index is -0.333. The molecule has 0 bridgehead atoms. The van der Waals surface area contributed by atoms with Crippen molar-refractivity contribution < 1.29 is 28.9 Å². The van der Waals surface area contributed by atoms with E-state index in [0.29, 0.717) is 24.7 Å². The van der Waals surface area contributed by atoms with Gasteiger partial charge in [0.2, 0.25) is 0 Å². The van der Waals surface area contributed by atoms with Crippen molar-refractivity contribution in [2.75, 3.05) is 22.7 Å². The van der Waals surface area contributed by atoms with Crippen molar-refractivity contribution in [3.63, 3.8) is 0 Å². The molecule has 3 heterocycles. The van der Waals surface area contributed by atoms with Crippen LogP contribution in [0, 0.1) is 11.6 Å². The number of hydrogen-bond donors (Lipinski definition) is 0. The Bertz CT molecular complexity index is 550. The molecule has 2 aromatic rings. The number of nitrogens with zero attached hydrogens (tertiary/aromatic N) is 4. The Morgan fingerprint density at radius 1 is 0.900 bits per heavy atom. The van der Waals surface area contributed by atoms with Crippen LogP contribution < -0.4 is 9.62 Å². The molecule has 20 heavy (non-hydrogen) atoms. The number of hydrogen-bond acceptors (Lipinski definition) is 4. The van der Waals surface area contributed by atoms with Gasteiger partial charge in [-0.05, 0) is 12.1 Å². The molecule has 0 spiro atoms. The predicted octanol–water partition coefficient (Wildman–Crippen LogP) is 1.61. The molecule has 1 aliphatic heterocycles. The Hall–Kier alpha value is -1.53. The molecule has 0 amide bonds. The number of halogens is 2. The van der Waals surface area contributed by atoms with Crippen LogP contribution in [0.2, 0.25) is 0 Å². The Balaban J connectivity index is 0.00000147. The van der Waals surface area contributed by atoms with Crippen LogP contribution >= 0.6 is 0 Å². The van der Waals surface area contributed by atoms with E-state index in [2.05, 4.69) is 9.97 Å². The van der Waals surface area contributed by atoms with Gasteiger partial charge in [-0.1, -0.05) is 0 Å². The molecule has 1 saturated heterocycles. The molecule has 3 rings (SSSR count). The van der Waals surface area contributed by atoms with Gasteiger partial charge in [-0.3, -0.25) is 0 Å². The van der Waals surface area contributed by atoms with E-state index < -0.39 is 0 Å². The number of rotatable bonds is 2. The second kappa shape index (κ2) is 6.28. The summed E-state index contributed by atoms with van der Waals surface area (Å²) in [5.74, 6) is 0.388. The van der Waals surface area contributed by atoms with Gasteiger partial charge in [0.15, 0.2) is 0 Å². The van der Waals surface area contributed by atoms with Gasteiger partial charge in [0.25, 0.3) is 0 Å². The minimum Gasteiger partial charge on any atom is -0.382 e. The van der Waals surface area contributed by atoms with E-state index in [1.54, 1.807) is 17.2 Å². The molecule has 0 N–H and O–H groups in total. The Labute approximate surface area is 129 Å². The molecule has 0 atom stereocenters. The zero-order valence-corrected chi connectivity index (χ0v) is 12.7. The third kappa shape index (κ3) is 3.13. The van der Waals surface area contributed by atoms with E-state index in [1.165, 1.54) is 36.7 Å². The first-order valence-corrected chi connectivity index (χ1v) is 5.84. The Morgan fingerprint density at radius 3 is 1.75 bits per heavy atom. The molecule has 0 saturated carbocycles. The summed E-state index contributed by atoms with van der Waals surface area (Å²) in [6.45, 7) is 1.29. The van der Waals surface area contributed by atoms with E-state index >= 15 is 0 Å². The SMILES string of the molecule is Fc1ccnc(N2[B]N(c3cc(F)ccn3)CC2)c1.[Ir]. The molecule has 2 aromatic heterocycles. The van der Waals surface area contributed by atoms with Crippen LogP contribution in [0.4, 0.5) is 20.4 Å². The summed E-state index contributed by atoms with van der Waals surface area (Å²) in [6, 6.07) is 5.31. The van der Waals surface area contributed by atoms with Crippen LogP contribution in [-0.4, -0.2) is 30.6 Å². The molecule has 2 radical (unpaired) electrons. The maximum atomic E-state index is 13.1. The number of anilines is 2. The molecule has 0 aliphatic carbocycles. The first-order chi connectivity index (χ1) is 9.22. The van der Waals surface area contributed by atoms with E-state index in [0.717, 1.165) is 0 Å². The first kappa shape index (κ1) is 14.9. The fourth-order valence-electron chi connectivity index (χ4n) is 1.95. The fourth-order valence-corrected chi connectivity index (χ4v) is 1.95. The van der Waals surface area contributed by atoms with Crippen molar-refractivity contribution in [3.8, 4) is 0 Å². The quantitative estimate of drug-likeness (QED) is 0.650. The fraction of sp³-hybridized carbons (Fsp3) is 0.167. The normalized spacial score (nSPS) is 13.9. The van der Waals surface area contributed by atoms with Gasteiger partial charge in [-0.15, -0.1) is 0 Å². The summed E-state index contributed by atoms with van der Waals surface area (Å²) in [7, 11) is 1.75. The smallest absolute Gasteiger partial charge is 0.382 e. The molecule has 1 aliphatic rings. The molecule has 0 aromatic carbocycles. The maximum Gasteiger partial charge on any atom is 0.394 e. The van der Waals surface area contributed by atoms with Crippen molar-refractivity contribution in [2.24, 2.45) is 0 Å². The maximum absolute atomic E-state index is 13.1. The molecule has 104 valence electrons. The van der Waals surface area contributed by atoms with Gasteiger partial charge < -0.3 is 9.62 Å². The zero-order chi connectivity index (χ0) is 13.2. The minimum absolute atomic E-state index is 0.